The molecule has 66 heavy (non-hydrogen) atoms. The highest BCUT2D eigenvalue weighted by Crippen LogP contribution is 2.46. The van der Waals surface area contributed by atoms with Gasteiger partial charge in [-0.25, -0.2) is 0 Å². The van der Waals surface area contributed by atoms with Crippen LogP contribution in [-0.4, -0.2) is 8.07 Å². The Bertz CT molecular complexity index is 3720. The maximum atomic E-state index is 7.15. The van der Waals surface area contributed by atoms with Crippen LogP contribution in [0.5, 0.6) is 0 Å². The highest BCUT2D eigenvalue weighted by Gasteiger charge is 2.47. The lowest BCUT2D eigenvalue weighted by Crippen LogP contribution is -2.75. The molecule has 1 aromatic heterocycles. The van der Waals surface area contributed by atoms with Crippen molar-refractivity contribution in [2.24, 2.45) is 0 Å². The number of nitrogens with zero attached hydrogens (tertiary/aromatic N) is 2. The Kier molecular flexibility index (Phi) is 8.86. The standard InChI is InChI=1S/C62H42N2OSi/c1-5-24-45(25-6-1)63(55-35-17-22-43-20-13-15-32-51(43)55)47-38-39-53-54-34-19-37-57-61(54)62-58(65-57)40-48(64(46-26-7-2-8-27-46)56-36-18-23-44-21-14-16-33-52(44)56)42-60(62)66(59(53)41-47,49-28-9-3-10-29-49)50-30-11-4-12-31-50/h1-42H. The van der Waals surface area contributed by atoms with E-state index in [1.54, 1.807) is 0 Å². The third kappa shape index (κ3) is 5.82. The minimum absolute atomic E-state index is 0.879. The fraction of sp³-hybridized carbons (Fsp3) is 0. The first-order valence-electron chi connectivity index (χ1n) is 22.7. The Morgan fingerprint density at radius 2 is 0.788 bits per heavy atom. The van der Waals surface area contributed by atoms with Crippen molar-refractivity contribution in [3.8, 4) is 11.1 Å². The summed E-state index contributed by atoms with van der Waals surface area (Å²) in [5.41, 5.74) is 10.8. The molecule has 0 aliphatic carbocycles. The summed E-state index contributed by atoms with van der Waals surface area (Å²) in [5, 5.41) is 12.4. The largest absolute Gasteiger partial charge is 0.456 e. The van der Waals surface area contributed by atoms with Gasteiger partial charge in [-0.1, -0.05) is 188 Å². The van der Waals surface area contributed by atoms with E-state index in [2.05, 4.69) is 265 Å². The summed E-state index contributed by atoms with van der Waals surface area (Å²) < 4.78 is 7.15. The van der Waals surface area contributed by atoms with Gasteiger partial charge in [0.25, 0.3) is 0 Å². The van der Waals surface area contributed by atoms with Crippen molar-refractivity contribution in [2.45, 2.75) is 0 Å². The number of hydrogen-bond donors (Lipinski definition) is 0. The molecule has 1 aliphatic heterocycles. The van der Waals surface area contributed by atoms with Crippen molar-refractivity contribution in [3.63, 3.8) is 0 Å². The van der Waals surface area contributed by atoms with E-state index in [0.29, 0.717) is 0 Å². The highest BCUT2D eigenvalue weighted by atomic mass is 28.3. The molecule has 0 atom stereocenters. The van der Waals surface area contributed by atoms with E-state index < -0.39 is 8.07 Å². The molecule has 0 bridgehead atoms. The van der Waals surface area contributed by atoms with Gasteiger partial charge in [-0.05, 0) is 103 Å². The second-order valence-electron chi connectivity index (χ2n) is 17.2. The third-order valence-corrected chi connectivity index (χ3v) is 18.5. The van der Waals surface area contributed by atoms with Gasteiger partial charge in [0.2, 0.25) is 0 Å². The summed E-state index contributed by atoms with van der Waals surface area (Å²) in [7, 11) is -3.32. The molecule has 0 N–H and O–H groups in total. The number of para-hydroxylation sites is 2. The van der Waals surface area contributed by atoms with Gasteiger partial charge in [0.15, 0.2) is 8.07 Å². The molecule has 0 spiro atoms. The van der Waals surface area contributed by atoms with E-state index >= 15 is 0 Å². The second kappa shape index (κ2) is 15.4. The van der Waals surface area contributed by atoms with Crippen LogP contribution in [0, 0.1) is 0 Å². The van der Waals surface area contributed by atoms with Crippen molar-refractivity contribution in [1.82, 2.24) is 0 Å². The maximum absolute atomic E-state index is 7.15. The number of rotatable bonds is 8. The first-order valence-corrected chi connectivity index (χ1v) is 24.7. The second-order valence-corrected chi connectivity index (χ2v) is 20.9. The average Bonchev–Trinajstić information content (AvgIpc) is 3.73. The van der Waals surface area contributed by atoms with Crippen molar-refractivity contribution in [3.05, 3.63) is 255 Å². The Balaban J connectivity index is 1.19. The smallest absolute Gasteiger partial charge is 0.181 e. The molecule has 13 rings (SSSR count). The number of anilines is 6. The fourth-order valence-corrected chi connectivity index (χ4v) is 16.1. The Morgan fingerprint density at radius 1 is 0.303 bits per heavy atom. The normalized spacial score (nSPS) is 12.7. The highest BCUT2D eigenvalue weighted by molar-refractivity contribution is 7.21. The van der Waals surface area contributed by atoms with Crippen LogP contribution >= 0.6 is 0 Å². The lowest BCUT2D eigenvalue weighted by Gasteiger charge is -2.37. The lowest BCUT2D eigenvalue weighted by atomic mass is 9.98. The predicted octanol–water partition coefficient (Wildman–Crippen LogP) is 14.2. The lowest BCUT2D eigenvalue weighted by molar-refractivity contribution is 0.669. The van der Waals surface area contributed by atoms with Crippen LogP contribution < -0.4 is 30.5 Å². The fourth-order valence-electron chi connectivity index (χ4n) is 10.9. The Morgan fingerprint density at radius 3 is 1.38 bits per heavy atom. The maximum Gasteiger partial charge on any atom is 0.181 e. The van der Waals surface area contributed by atoms with Crippen LogP contribution in [0.4, 0.5) is 34.1 Å². The molecule has 4 heteroatoms. The minimum atomic E-state index is -3.32. The first-order chi connectivity index (χ1) is 32.8. The van der Waals surface area contributed by atoms with Crippen molar-refractivity contribution >= 4 is 106 Å². The van der Waals surface area contributed by atoms with Gasteiger partial charge < -0.3 is 14.2 Å². The van der Waals surface area contributed by atoms with Gasteiger partial charge >= 0.3 is 0 Å². The summed E-state index contributed by atoms with van der Waals surface area (Å²) >= 11 is 0. The van der Waals surface area contributed by atoms with E-state index in [0.717, 1.165) is 50.7 Å². The van der Waals surface area contributed by atoms with E-state index in [-0.39, 0.29) is 0 Å². The van der Waals surface area contributed by atoms with Crippen LogP contribution in [0.3, 0.4) is 0 Å². The van der Waals surface area contributed by atoms with Gasteiger partial charge in [0, 0.05) is 50.4 Å². The first kappa shape index (κ1) is 38.1. The third-order valence-electron chi connectivity index (χ3n) is 13.7. The molecule has 0 saturated heterocycles. The van der Waals surface area contributed by atoms with Gasteiger partial charge in [-0.3, -0.25) is 0 Å². The summed E-state index contributed by atoms with van der Waals surface area (Å²) in [6.07, 6.45) is 0. The van der Waals surface area contributed by atoms with E-state index in [9.17, 15) is 0 Å². The van der Waals surface area contributed by atoms with Gasteiger partial charge in [-0.2, -0.15) is 0 Å². The molecule has 2 heterocycles. The van der Waals surface area contributed by atoms with E-state index in [1.807, 2.05) is 0 Å². The van der Waals surface area contributed by atoms with Gasteiger partial charge in [0.05, 0.1) is 11.4 Å². The molecule has 3 nitrogen and oxygen atoms in total. The van der Waals surface area contributed by atoms with Crippen molar-refractivity contribution < 1.29 is 4.42 Å². The zero-order chi connectivity index (χ0) is 43.6. The topological polar surface area (TPSA) is 19.6 Å². The zero-order valence-corrected chi connectivity index (χ0v) is 37.1. The predicted molar refractivity (Wildman–Crippen MR) is 281 cm³/mol. The number of benzene rings is 11. The van der Waals surface area contributed by atoms with Gasteiger partial charge in [0.1, 0.15) is 11.2 Å². The SMILES string of the molecule is c1ccc(N(c2ccc3c(c2)[Si](c2ccccc2)(c2ccccc2)c2cc(N(c4ccccc4)c4cccc5ccccc45)cc4oc5cccc-3c5c24)c2cccc3ccccc23)cc1. The van der Waals surface area contributed by atoms with E-state index in [1.165, 1.54) is 58.8 Å². The Labute approximate surface area is 384 Å². The molecule has 0 saturated carbocycles. The molecule has 0 unspecified atom stereocenters. The zero-order valence-electron chi connectivity index (χ0n) is 36.1. The van der Waals surface area contributed by atoms with Crippen LogP contribution in [-0.2, 0) is 0 Å². The molecule has 0 amide bonds. The summed E-state index contributed by atoms with van der Waals surface area (Å²) in [5.74, 6) is 0. The summed E-state index contributed by atoms with van der Waals surface area (Å²) in [6.45, 7) is 0. The Hall–Kier alpha value is -8.44. The average molecular weight is 859 g/mol. The van der Waals surface area contributed by atoms with Gasteiger partial charge in [-0.15, -0.1) is 0 Å². The minimum Gasteiger partial charge on any atom is -0.456 e. The van der Waals surface area contributed by atoms with Crippen molar-refractivity contribution in [2.75, 3.05) is 9.80 Å². The van der Waals surface area contributed by atoms with Crippen LogP contribution in [0.2, 0.25) is 0 Å². The van der Waals surface area contributed by atoms with Crippen LogP contribution in [0.15, 0.2) is 259 Å². The van der Waals surface area contributed by atoms with Crippen LogP contribution in [0.1, 0.15) is 0 Å². The van der Waals surface area contributed by atoms with Crippen LogP contribution in [0.25, 0.3) is 54.6 Å². The summed E-state index contributed by atoms with van der Waals surface area (Å²) in [6, 6.07) is 93.7. The molecule has 0 radical (unpaired) electrons. The number of fused-ring (bicyclic) bond motifs is 4. The molecule has 310 valence electrons. The number of hydrogen-bond acceptors (Lipinski definition) is 3. The number of furan rings is 1. The molecular weight excluding hydrogens is 817 g/mol. The molecule has 0 fully saturated rings. The molecular formula is C62H42N2OSi. The quantitative estimate of drug-likeness (QED) is 0.142. The molecule has 1 aliphatic rings. The molecule has 12 aromatic rings. The summed E-state index contributed by atoms with van der Waals surface area (Å²) in [4.78, 5) is 4.89. The van der Waals surface area contributed by atoms with E-state index in [4.69, 9.17) is 4.42 Å². The van der Waals surface area contributed by atoms with Crippen molar-refractivity contribution in [1.29, 1.82) is 0 Å². The molecule has 11 aromatic carbocycles. The monoisotopic (exact) mass is 858 g/mol.